The third kappa shape index (κ3) is 4.26. The summed E-state index contributed by atoms with van der Waals surface area (Å²) in [6, 6.07) is 4.85. The molecule has 3 rings (SSSR count). The molecule has 0 N–H and O–H groups in total. The number of halogens is 3. The van der Waals surface area contributed by atoms with Crippen molar-refractivity contribution >= 4 is 0 Å². The standard InChI is InChI=1S/C17H18F3N5O2/c1-16(2,3)12-8-11(23-25(12)4)9-26-13-7-10(5-6-21-13)14-22-15(27-24-14)17(18,19)20/h5-8H,9H2,1-4H3. The fraction of sp³-hybridized carbons (Fsp3) is 0.412. The first-order valence-corrected chi connectivity index (χ1v) is 8.07. The van der Waals surface area contributed by atoms with Crippen molar-refractivity contribution in [2.24, 2.45) is 7.05 Å². The van der Waals surface area contributed by atoms with E-state index >= 15 is 0 Å². The third-order valence-corrected chi connectivity index (χ3v) is 3.73. The number of hydrogen-bond acceptors (Lipinski definition) is 6. The van der Waals surface area contributed by atoms with Gasteiger partial charge in [0.25, 0.3) is 0 Å². The summed E-state index contributed by atoms with van der Waals surface area (Å²) in [6.45, 7) is 6.42. The Kier molecular flexibility index (Phi) is 4.66. The number of aromatic nitrogens is 5. The van der Waals surface area contributed by atoms with Gasteiger partial charge in [0.05, 0.1) is 0 Å². The molecule has 0 radical (unpaired) electrons. The minimum Gasteiger partial charge on any atom is -0.471 e. The zero-order valence-corrected chi connectivity index (χ0v) is 15.2. The predicted molar refractivity (Wildman–Crippen MR) is 88.8 cm³/mol. The van der Waals surface area contributed by atoms with E-state index in [9.17, 15) is 13.2 Å². The van der Waals surface area contributed by atoms with E-state index in [2.05, 4.69) is 45.5 Å². The molecular weight excluding hydrogens is 363 g/mol. The first kappa shape index (κ1) is 18.9. The number of ether oxygens (including phenoxy) is 1. The Balaban J connectivity index is 1.74. The van der Waals surface area contributed by atoms with Gasteiger partial charge in [-0.15, -0.1) is 0 Å². The maximum Gasteiger partial charge on any atom is 0.471 e. The molecule has 0 saturated heterocycles. The van der Waals surface area contributed by atoms with Gasteiger partial charge in [-0.1, -0.05) is 25.9 Å². The van der Waals surface area contributed by atoms with E-state index in [0.717, 1.165) is 5.69 Å². The third-order valence-electron chi connectivity index (χ3n) is 3.73. The molecule has 10 heteroatoms. The average Bonchev–Trinajstić information content (AvgIpc) is 3.19. The molecule has 0 aromatic carbocycles. The Morgan fingerprint density at radius 2 is 1.93 bits per heavy atom. The lowest BCUT2D eigenvalue weighted by atomic mass is 9.92. The SMILES string of the molecule is Cn1nc(COc2cc(-c3noc(C(F)(F)F)n3)ccn2)cc1C(C)(C)C. The molecule has 3 aromatic heterocycles. The smallest absolute Gasteiger partial charge is 0.471 e. The van der Waals surface area contributed by atoms with E-state index < -0.39 is 12.1 Å². The molecule has 3 aromatic rings. The normalized spacial score (nSPS) is 12.4. The highest BCUT2D eigenvalue weighted by molar-refractivity contribution is 5.55. The van der Waals surface area contributed by atoms with Crippen molar-refractivity contribution in [3.63, 3.8) is 0 Å². The highest BCUT2D eigenvalue weighted by Gasteiger charge is 2.38. The number of hydrogen-bond donors (Lipinski definition) is 0. The van der Waals surface area contributed by atoms with Gasteiger partial charge < -0.3 is 9.26 Å². The summed E-state index contributed by atoms with van der Waals surface area (Å²) < 4.78 is 49.4. The lowest BCUT2D eigenvalue weighted by molar-refractivity contribution is -0.159. The molecule has 0 aliphatic heterocycles. The summed E-state index contributed by atoms with van der Waals surface area (Å²) in [5, 5.41) is 7.75. The topological polar surface area (TPSA) is 78.9 Å². The number of nitrogens with zero attached hydrogens (tertiary/aromatic N) is 5. The lowest BCUT2D eigenvalue weighted by Crippen LogP contribution is -2.16. The van der Waals surface area contributed by atoms with Crippen molar-refractivity contribution in [1.82, 2.24) is 24.9 Å². The van der Waals surface area contributed by atoms with Crippen LogP contribution in [0.1, 0.15) is 38.0 Å². The lowest BCUT2D eigenvalue weighted by Gasteiger charge is -2.17. The Bertz CT molecular complexity index is 941. The van der Waals surface area contributed by atoms with E-state index in [1.165, 1.54) is 18.3 Å². The average molecular weight is 381 g/mol. The van der Waals surface area contributed by atoms with Gasteiger partial charge in [0.2, 0.25) is 11.7 Å². The van der Waals surface area contributed by atoms with Crippen LogP contribution in [-0.2, 0) is 25.2 Å². The first-order chi connectivity index (χ1) is 12.5. The summed E-state index contributed by atoms with van der Waals surface area (Å²) in [4.78, 5) is 7.40. The molecule has 0 amide bonds. The Hall–Kier alpha value is -2.91. The molecule has 0 saturated carbocycles. The summed E-state index contributed by atoms with van der Waals surface area (Å²) in [7, 11) is 1.86. The Morgan fingerprint density at radius 1 is 1.19 bits per heavy atom. The molecule has 0 bridgehead atoms. The largest absolute Gasteiger partial charge is 0.471 e. The fourth-order valence-electron chi connectivity index (χ4n) is 2.53. The summed E-state index contributed by atoms with van der Waals surface area (Å²) >= 11 is 0. The first-order valence-electron chi connectivity index (χ1n) is 8.07. The number of pyridine rings is 1. The molecule has 0 unspecified atom stereocenters. The summed E-state index contributed by atoms with van der Waals surface area (Å²) in [5.41, 5.74) is 2.01. The molecule has 7 nitrogen and oxygen atoms in total. The second kappa shape index (κ2) is 6.67. The van der Waals surface area contributed by atoms with Crippen LogP contribution in [0.4, 0.5) is 13.2 Å². The Labute approximate surface area is 153 Å². The van der Waals surface area contributed by atoms with E-state index in [1.807, 2.05) is 13.1 Å². The summed E-state index contributed by atoms with van der Waals surface area (Å²) in [5.74, 6) is -1.38. The quantitative estimate of drug-likeness (QED) is 0.685. The van der Waals surface area contributed by atoms with Crippen molar-refractivity contribution in [1.29, 1.82) is 0 Å². The number of aryl methyl sites for hydroxylation is 1. The van der Waals surface area contributed by atoms with Crippen LogP contribution in [0.15, 0.2) is 28.9 Å². The molecule has 0 fully saturated rings. The van der Waals surface area contributed by atoms with Crippen LogP contribution < -0.4 is 4.74 Å². The van der Waals surface area contributed by atoms with Gasteiger partial charge in [-0.2, -0.15) is 23.3 Å². The zero-order chi connectivity index (χ0) is 19.8. The van der Waals surface area contributed by atoms with E-state index in [4.69, 9.17) is 4.74 Å². The highest BCUT2D eigenvalue weighted by Crippen LogP contribution is 2.30. The fourth-order valence-corrected chi connectivity index (χ4v) is 2.53. The van der Waals surface area contributed by atoms with Crippen LogP contribution in [0.3, 0.4) is 0 Å². The molecule has 0 atom stereocenters. The van der Waals surface area contributed by atoms with Crippen molar-refractivity contribution < 1.29 is 22.4 Å². The van der Waals surface area contributed by atoms with Gasteiger partial charge in [0.1, 0.15) is 12.3 Å². The Morgan fingerprint density at radius 3 is 2.52 bits per heavy atom. The minimum atomic E-state index is -4.69. The van der Waals surface area contributed by atoms with Gasteiger partial charge in [0, 0.05) is 36.0 Å². The minimum absolute atomic E-state index is 0.0625. The zero-order valence-electron chi connectivity index (χ0n) is 15.2. The second-order valence-corrected chi connectivity index (χ2v) is 6.99. The number of alkyl halides is 3. The van der Waals surface area contributed by atoms with Crippen molar-refractivity contribution in [3.05, 3.63) is 41.7 Å². The van der Waals surface area contributed by atoms with Gasteiger partial charge in [-0.3, -0.25) is 4.68 Å². The molecule has 27 heavy (non-hydrogen) atoms. The van der Waals surface area contributed by atoms with Crippen LogP contribution in [-0.4, -0.2) is 24.9 Å². The molecule has 144 valence electrons. The monoisotopic (exact) mass is 381 g/mol. The van der Waals surface area contributed by atoms with Crippen molar-refractivity contribution in [3.8, 4) is 17.3 Å². The van der Waals surface area contributed by atoms with Gasteiger partial charge in [0.15, 0.2) is 0 Å². The second-order valence-electron chi connectivity index (χ2n) is 6.99. The molecule has 0 spiro atoms. The van der Waals surface area contributed by atoms with Crippen LogP contribution in [0.5, 0.6) is 5.88 Å². The van der Waals surface area contributed by atoms with Crippen LogP contribution in [0.2, 0.25) is 0 Å². The predicted octanol–water partition coefficient (Wildman–Crippen LogP) is 3.76. The van der Waals surface area contributed by atoms with E-state index in [1.54, 1.807) is 4.68 Å². The van der Waals surface area contributed by atoms with Crippen LogP contribution >= 0.6 is 0 Å². The summed E-state index contributed by atoms with van der Waals surface area (Å²) in [6.07, 6.45) is -3.30. The van der Waals surface area contributed by atoms with Crippen LogP contribution in [0.25, 0.3) is 11.4 Å². The maximum atomic E-state index is 12.6. The number of rotatable bonds is 4. The van der Waals surface area contributed by atoms with Gasteiger partial charge in [-0.25, -0.2) is 4.98 Å². The molecule has 0 aliphatic rings. The van der Waals surface area contributed by atoms with Gasteiger partial charge >= 0.3 is 12.1 Å². The molecule has 0 aliphatic carbocycles. The maximum absolute atomic E-state index is 12.6. The van der Waals surface area contributed by atoms with E-state index in [-0.39, 0.29) is 23.7 Å². The molecular formula is C17H18F3N5O2. The van der Waals surface area contributed by atoms with Crippen LogP contribution in [0, 0.1) is 0 Å². The molecule has 3 heterocycles. The van der Waals surface area contributed by atoms with E-state index in [0.29, 0.717) is 11.3 Å². The highest BCUT2D eigenvalue weighted by atomic mass is 19.4. The van der Waals surface area contributed by atoms with Crippen molar-refractivity contribution in [2.75, 3.05) is 0 Å². The van der Waals surface area contributed by atoms with Crippen molar-refractivity contribution in [2.45, 2.75) is 39.0 Å². The van der Waals surface area contributed by atoms with Gasteiger partial charge in [-0.05, 0) is 12.1 Å².